The van der Waals surface area contributed by atoms with Gasteiger partial charge in [0.1, 0.15) is 6.61 Å². The molecule has 5 heteroatoms. The van der Waals surface area contributed by atoms with Gasteiger partial charge in [-0.3, -0.25) is 5.32 Å². The molecule has 1 N–H and O–H groups in total. The number of nitrogens with one attached hydrogen (secondary N) is 1. The first-order valence-electron chi connectivity index (χ1n) is 6.53. The monoisotopic (exact) mass is 269 g/mol. The lowest BCUT2D eigenvalue weighted by Crippen LogP contribution is -2.15. The number of ether oxygens (including phenoxy) is 1. The maximum absolute atomic E-state index is 11.8. The van der Waals surface area contributed by atoms with Crippen molar-refractivity contribution in [3.8, 4) is 0 Å². The summed E-state index contributed by atoms with van der Waals surface area (Å²) in [7, 11) is 0. The zero-order valence-electron chi connectivity index (χ0n) is 11.0. The van der Waals surface area contributed by atoms with Gasteiger partial charge in [-0.15, -0.1) is 0 Å². The van der Waals surface area contributed by atoms with Crippen molar-refractivity contribution < 1.29 is 9.53 Å². The van der Waals surface area contributed by atoms with Crippen LogP contribution in [-0.4, -0.2) is 15.9 Å². The van der Waals surface area contributed by atoms with E-state index in [2.05, 4.69) is 16.5 Å². The number of carbonyl (C=O) groups is 1. The molecule has 3 rings (SSSR count). The van der Waals surface area contributed by atoms with Crippen LogP contribution in [0.15, 0.2) is 42.6 Å². The molecule has 1 aliphatic heterocycles. The number of nitrogens with zero attached hydrogens (tertiary/aromatic N) is 2. The number of fused-ring (bicyclic) bond motifs is 1. The summed E-state index contributed by atoms with van der Waals surface area (Å²) in [5.41, 5.74) is 2.68. The zero-order chi connectivity index (χ0) is 13.8. The first-order chi connectivity index (χ1) is 9.83. The second kappa shape index (κ2) is 5.61. The minimum absolute atomic E-state index is 0.260. The van der Waals surface area contributed by atoms with Gasteiger partial charge in [0, 0.05) is 6.20 Å². The topological polar surface area (TPSA) is 56.2 Å². The molecule has 1 aromatic heterocycles. The number of anilines is 1. The molecule has 0 saturated heterocycles. The van der Waals surface area contributed by atoms with Crippen molar-refractivity contribution in [3.05, 3.63) is 53.9 Å². The van der Waals surface area contributed by atoms with Crippen LogP contribution in [0.3, 0.4) is 0 Å². The van der Waals surface area contributed by atoms with Crippen molar-refractivity contribution in [3.63, 3.8) is 0 Å². The highest BCUT2D eigenvalue weighted by Gasteiger charge is 2.14. The van der Waals surface area contributed by atoms with E-state index < -0.39 is 6.09 Å². The van der Waals surface area contributed by atoms with Crippen LogP contribution in [0.1, 0.15) is 17.7 Å². The van der Waals surface area contributed by atoms with Gasteiger partial charge in [0.15, 0.2) is 0 Å². The molecule has 2 heterocycles. The Morgan fingerprint density at radius 1 is 1.35 bits per heavy atom. The fraction of sp³-hybridized carbons (Fsp3) is 0.200. The Morgan fingerprint density at radius 3 is 3.05 bits per heavy atom. The molecule has 0 aliphatic carbocycles. The van der Waals surface area contributed by atoms with Crippen molar-refractivity contribution in [1.29, 1.82) is 0 Å². The van der Waals surface area contributed by atoms with Crippen molar-refractivity contribution in [2.75, 3.05) is 5.32 Å². The molecule has 0 fully saturated rings. The Bertz CT molecular complexity index is 632. The molecule has 0 radical (unpaired) electrons. The molecule has 0 saturated carbocycles. The normalized spacial score (nSPS) is 12.8. The van der Waals surface area contributed by atoms with Gasteiger partial charge in [-0.25, -0.2) is 9.48 Å². The summed E-state index contributed by atoms with van der Waals surface area (Å²) in [6, 6.07) is 9.59. The lowest BCUT2D eigenvalue weighted by molar-refractivity contribution is 0.155. The van der Waals surface area contributed by atoms with Crippen molar-refractivity contribution in [1.82, 2.24) is 9.78 Å². The fourth-order valence-electron chi connectivity index (χ4n) is 2.13. The maximum Gasteiger partial charge on any atom is 0.412 e. The van der Waals surface area contributed by atoms with E-state index in [1.807, 2.05) is 36.5 Å². The molecule has 20 heavy (non-hydrogen) atoms. The predicted octanol–water partition coefficient (Wildman–Crippen LogP) is 3.05. The summed E-state index contributed by atoms with van der Waals surface area (Å²) in [4.78, 5) is 11.8. The smallest absolute Gasteiger partial charge is 0.412 e. The molecule has 1 amide bonds. The van der Waals surface area contributed by atoms with Crippen LogP contribution < -0.4 is 5.32 Å². The van der Waals surface area contributed by atoms with Crippen LogP contribution in [0.25, 0.3) is 6.20 Å². The Kier molecular flexibility index (Phi) is 3.50. The number of amides is 1. The number of allylic oxidation sites excluding steroid dienone is 1. The molecule has 1 aliphatic rings. The van der Waals surface area contributed by atoms with Gasteiger partial charge >= 0.3 is 6.09 Å². The van der Waals surface area contributed by atoms with Crippen molar-refractivity contribution in [2.24, 2.45) is 0 Å². The van der Waals surface area contributed by atoms with E-state index in [0.29, 0.717) is 5.69 Å². The Morgan fingerprint density at radius 2 is 2.20 bits per heavy atom. The SMILES string of the molecule is O=C(Nc1cnn2c1CCC=C2)OCc1ccccc1. The van der Waals surface area contributed by atoms with E-state index in [-0.39, 0.29) is 6.61 Å². The van der Waals surface area contributed by atoms with Crippen LogP contribution in [0.4, 0.5) is 10.5 Å². The molecular formula is C15H15N3O2. The standard InChI is InChI=1S/C15H15N3O2/c19-15(20-11-12-6-2-1-3-7-12)17-13-10-16-18-9-5-4-8-14(13)18/h1-3,5-7,9-10H,4,8,11H2,(H,17,19). The number of hydrogen-bond acceptors (Lipinski definition) is 3. The van der Waals surface area contributed by atoms with Crippen LogP contribution in [0.5, 0.6) is 0 Å². The van der Waals surface area contributed by atoms with Crippen molar-refractivity contribution in [2.45, 2.75) is 19.4 Å². The summed E-state index contributed by atoms with van der Waals surface area (Å²) < 4.78 is 6.96. The number of rotatable bonds is 3. The molecule has 102 valence electrons. The lowest BCUT2D eigenvalue weighted by atomic mass is 10.2. The van der Waals surface area contributed by atoms with E-state index >= 15 is 0 Å². The summed E-state index contributed by atoms with van der Waals surface area (Å²) in [5, 5.41) is 6.93. The second-order valence-corrected chi connectivity index (χ2v) is 4.56. The Balaban J connectivity index is 1.59. The van der Waals surface area contributed by atoms with E-state index in [0.717, 1.165) is 24.1 Å². The van der Waals surface area contributed by atoms with E-state index in [4.69, 9.17) is 4.74 Å². The van der Waals surface area contributed by atoms with Crippen LogP contribution in [0, 0.1) is 0 Å². The molecule has 0 bridgehead atoms. The third-order valence-electron chi connectivity index (χ3n) is 3.14. The van der Waals surface area contributed by atoms with E-state index in [1.54, 1.807) is 10.9 Å². The Labute approximate surface area is 116 Å². The molecule has 1 aromatic carbocycles. The predicted molar refractivity (Wildman–Crippen MR) is 76.1 cm³/mol. The largest absolute Gasteiger partial charge is 0.444 e. The molecule has 2 aromatic rings. The zero-order valence-corrected chi connectivity index (χ0v) is 11.0. The molecule has 0 unspecified atom stereocenters. The van der Waals surface area contributed by atoms with Gasteiger partial charge in [-0.1, -0.05) is 36.4 Å². The van der Waals surface area contributed by atoms with E-state index in [9.17, 15) is 4.79 Å². The highest BCUT2D eigenvalue weighted by Crippen LogP contribution is 2.20. The lowest BCUT2D eigenvalue weighted by Gasteiger charge is -2.10. The summed E-state index contributed by atoms with van der Waals surface area (Å²) in [6.45, 7) is 0.260. The van der Waals surface area contributed by atoms with Crippen LogP contribution in [0.2, 0.25) is 0 Å². The minimum atomic E-state index is -0.459. The first-order valence-corrected chi connectivity index (χ1v) is 6.53. The number of aromatic nitrogens is 2. The third-order valence-corrected chi connectivity index (χ3v) is 3.14. The van der Waals surface area contributed by atoms with Gasteiger partial charge in [-0.05, 0) is 18.4 Å². The summed E-state index contributed by atoms with van der Waals surface area (Å²) in [6.07, 6.45) is 6.97. The van der Waals surface area contributed by atoms with Crippen LogP contribution >= 0.6 is 0 Å². The number of hydrogen-bond donors (Lipinski definition) is 1. The minimum Gasteiger partial charge on any atom is -0.444 e. The van der Waals surface area contributed by atoms with E-state index in [1.165, 1.54) is 0 Å². The summed E-state index contributed by atoms with van der Waals surface area (Å²) in [5.74, 6) is 0. The van der Waals surface area contributed by atoms with Gasteiger partial charge in [0.25, 0.3) is 0 Å². The van der Waals surface area contributed by atoms with Crippen molar-refractivity contribution >= 4 is 18.0 Å². The number of carbonyl (C=O) groups excluding carboxylic acids is 1. The quantitative estimate of drug-likeness (QED) is 0.931. The Hall–Kier alpha value is -2.56. The van der Waals surface area contributed by atoms with Crippen LogP contribution in [-0.2, 0) is 17.8 Å². The van der Waals surface area contributed by atoms with Gasteiger partial charge in [0.2, 0.25) is 0 Å². The highest BCUT2D eigenvalue weighted by atomic mass is 16.5. The van der Waals surface area contributed by atoms with Gasteiger partial charge in [-0.2, -0.15) is 5.10 Å². The van der Waals surface area contributed by atoms with Gasteiger partial charge in [0.05, 0.1) is 17.6 Å². The highest BCUT2D eigenvalue weighted by molar-refractivity contribution is 5.85. The molecule has 0 spiro atoms. The first kappa shape index (κ1) is 12.5. The number of benzene rings is 1. The fourth-order valence-corrected chi connectivity index (χ4v) is 2.13. The maximum atomic E-state index is 11.8. The molecule has 5 nitrogen and oxygen atoms in total. The molecule has 0 atom stereocenters. The summed E-state index contributed by atoms with van der Waals surface area (Å²) >= 11 is 0. The second-order valence-electron chi connectivity index (χ2n) is 4.56. The van der Waals surface area contributed by atoms with Gasteiger partial charge < -0.3 is 4.74 Å². The third kappa shape index (κ3) is 2.71. The average molecular weight is 269 g/mol. The molecular weight excluding hydrogens is 254 g/mol. The average Bonchev–Trinajstić information content (AvgIpc) is 2.90.